The average Bonchev–Trinajstić information content (AvgIpc) is 2.77. The van der Waals surface area contributed by atoms with Crippen LogP contribution < -0.4 is 0 Å². The van der Waals surface area contributed by atoms with Gasteiger partial charge in [0, 0.05) is 24.7 Å². The van der Waals surface area contributed by atoms with Crippen LogP contribution in [-0.4, -0.2) is 10.9 Å². The minimum absolute atomic E-state index is 0.164. The van der Waals surface area contributed by atoms with E-state index in [0.717, 1.165) is 24.2 Å². The smallest absolute Gasteiger partial charge is 0.185 e. The summed E-state index contributed by atoms with van der Waals surface area (Å²) in [7, 11) is 0. The standard InChI is InChI=1S/C15H14OS/c1-12(16)17-11-3-2-6-13-7-4-8-14-9-5-10-15(13)14/h4-5,7-9H,3,10-11H2,1H3. The summed E-state index contributed by atoms with van der Waals surface area (Å²) in [5.74, 6) is 7.13. The maximum Gasteiger partial charge on any atom is 0.185 e. The summed E-state index contributed by atoms with van der Waals surface area (Å²) in [6.45, 7) is 1.59. The summed E-state index contributed by atoms with van der Waals surface area (Å²) in [6.07, 6.45) is 6.07. The number of fused-ring (bicyclic) bond motifs is 1. The molecule has 0 N–H and O–H groups in total. The number of hydrogen-bond donors (Lipinski definition) is 0. The Labute approximate surface area is 106 Å². The van der Waals surface area contributed by atoms with Crippen molar-refractivity contribution in [1.82, 2.24) is 0 Å². The highest BCUT2D eigenvalue weighted by molar-refractivity contribution is 8.13. The highest BCUT2D eigenvalue weighted by Gasteiger charge is 2.07. The number of rotatable bonds is 2. The first-order valence-electron chi connectivity index (χ1n) is 5.68. The second-order valence-corrected chi connectivity index (χ2v) is 5.14. The van der Waals surface area contributed by atoms with E-state index >= 15 is 0 Å². The molecule has 0 saturated heterocycles. The molecule has 1 aromatic carbocycles. The Balaban J connectivity index is 1.98. The van der Waals surface area contributed by atoms with E-state index in [4.69, 9.17) is 0 Å². The van der Waals surface area contributed by atoms with Crippen molar-refractivity contribution in [2.24, 2.45) is 0 Å². The Morgan fingerprint density at radius 1 is 1.47 bits per heavy atom. The van der Waals surface area contributed by atoms with Crippen molar-refractivity contribution in [3.8, 4) is 11.8 Å². The van der Waals surface area contributed by atoms with Gasteiger partial charge in [-0.05, 0) is 23.6 Å². The van der Waals surface area contributed by atoms with Crippen LogP contribution in [0, 0.1) is 11.8 Å². The Bertz CT molecular complexity index is 517. The van der Waals surface area contributed by atoms with Crippen molar-refractivity contribution in [2.75, 3.05) is 5.75 Å². The molecule has 0 atom stereocenters. The number of carbonyl (C=O) groups is 1. The normalized spacial score (nSPS) is 11.8. The van der Waals surface area contributed by atoms with Crippen molar-refractivity contribution in [3.63, 3.8) is 0 Å². The molecule has 0 bridgehead atoms. The Kier molecular flexibility index (Phi) is 4.06. The third-order valence-electron chi connectivity index (χ3n) is 2.59. The largest absolute Gasteiger partial charge is 0.288 e. The SMILES string of the molecule is CC(=O)SCCC#Cc1cccc2c1CC=C2. The minimum Gasteiger partial charge on any atom is -0.288 e. The van der Waals surface area contributed by atoms with Crippen molar-refractivity contribution in [3.05, 3.63) is 41.0 Å². The lowest BCUT2D eigenvalue weighted by atomic mass is 10.0. The van der Waals surface area contributed by atoms with Crippen LogP contribution in [0.3, 0.4) is 0 Å². The molecule has 1 aromatic rings. The van der Waals surface area contributed by atoms with E-state index in [-0.39, 0.29) is 5.12 Å². The summed E-state index contributed by atoms with van der Waals surface area (Å²) in [5, 5.41) is 0.164. The lowest BCUT2D eigenvalue weighted by Gasteiger charge is -2.00. The van der Waals surface area contributed by atoms with Crippen LogP contribution in [0.15, 0.2) is 24.3 Å². The third kappa shape index (κ3) is 3.25. The van der Waals surface area contributed by atoms with Crippen LogP contribution in [-0.2, 0) is 11.2 Å². The Morgan fingerprint density at radius 2 is 2.35 bits per heavy atom. The molecule has 2 rings (SSSR count). The summed E-state index contributed by atoms with van der Waals surface area (Å²) in [4.78, 5) is 10.7. The molecule has 1 aliphatic rings. The second-order valence-electron chi connectivity index (χ2n) is 3.87. The highest BCUT2D eigenvalue weighted by atomic mass is 32.2. The molecule has 0 radical (unpaired) electrons. The van der Waals surface area contributed by atoms with E-state index in [0.29, 0.717) is 0 Å². The Morgan fingerprint density at radius 3 is 3.18 bits per heavy atom. The van der Waals surface area contributed by atoms with Crippen LogP contribution in [0.5, 0.6) is 0 Å². The molecule has 17 heavy (non-hydrogen) atoms. The molecule has 1 aliphatic carbocycles. The molecule has 86 valence electrons. The maximum atomic E-state index is 10.7. The monoisotopic (exact) mass is 242 g/mol. The number of allylic oxidation sites excluding steroid dienone is 1. The van der Waals surface area contributed by atoms with Gasteiger partial charge in [0.25, 0.3) is 0 Å². The fourth-order valence-corrected chi connectivity index (χ4v) is 2.30. The molecular weight excluding hydrogens is 228 g/mol. The molecule has 0 spiro atoms. The van der Waals surface area contributed by atoms with Crippen LogP contribution in [0.4, 0.5) is 0 Å². The predicted molar refractivity (Wildman–Crippen MR) is 73.8 cm³/mol. The molecule has 2 heteroatoms. The van der Waals surface area contributed by atoms with Gasteiger partial charge >= 0.3 is 0 Å². The first-order valence-corrected chi connectivity index (χ1v) is 6.66. The lowest BCUT2D eigenvalue weighted by Crippen LogP contribution is -1.88. The molecule has 0 aliphatic heterocycles. The molecule has 0 saturated carbocycles. The zero-order valence-electron chi connectivity index (χ0n) is 9.82. The van der Waals surface area contributed by atoms with Crippen molar-refractivity contribution in [1.29, 1.82) is 0 Å². The fraction of sp³-hybridized carbons (Fsp3) is 0.267. The van der Waals surface area contributed by atoms with Gasteiger partial charge in [-0.1, -0.05) is 47.9 Å². The molecule has 0 aromatic heterocycles. The first kappa shape index (κ1) is 12.0. The van der Waals surface area contributed by atoms with Crippen molar-refractivity contribution < 1.29 is 4.79 Å². The van der Waals surface area contributed by atoms with E-state index in [1.165, 1.54) is 22.9 Å². The number of hydrogen-bond acceptors (Lipinski definition) is 2. The van der Waals surface area contributed by atoms with Gasteiger partial charge < -0.3 is 0 Å². The summed E-state index contributed by atoms with van der Waals surface area (Å²) in [6, 6.07) is 6.23. The number of thioether (sulfide) groups is 1. The van der Waals surface area contributed by atoms with Gasteiger partial charge in [0.2, 0.25) is 0 Å². The van der Waals surface area contributed by atoms with Gasteiger partial charge in [-0.15, -0.1) is 0 Å². The molecule has 0 amide bonds. The van der Waals surface area contributed by atoms with Gasteiger partial charge in [0.05, 0.1) is 0 Å². The molecule has 0 fully saturated rings. The van der Waals surface area contributed by atoms with Gasteiger partial charge in [-0.3, -0.25) is 4.79 Å². The van der Waals surface area contributed by atoms with E-state index in [2.05, 4.69) is 36.1 Å². The van der Waals surface area contributed by atoms with Gasteiger partial charge in [0.15, 0.2) is 5.12 Å². The third-order valence-corrected chi connectivity index (χ3v) is 3.40. The van der Waals surface area contributed by atoms with Crippen LogP contribution in [0.2, 0.25) is 0 Å². The lowest BCUT2D eigenvalue weighted by molar-refractivity contribution is -0.109. The zero-order chi connectivity index (χ0) is 12.1. The average molecular weight is 242 g/mol. The van der Waals surface area contributed by atoms with E-state index < -0.39 is 0 Å². The first-order chi connectivity index (χ1) is 8.27. The van der Waals surface area contributed by atoms with Gasteiger partial charge in [-0.25, -0.2) is 0 Å². The molecule has 0 unspecified atom stereocenters. The minimum atomic E-state index is 0.164. The van der Waals surface area contributed by atoms with Crippen LogP contribution in [0.1, 0.15) is 30.0 Å². The molecular formula is C15H14OS. The quantitative estimate of drug-likeness (QED) is 0.585. The summed E-state index contributed by atoms with van der Waals surface area (Å²) in [5.41, 5.74) is 3.74. The van der Waals surface area contributed by atoms with Crippen LogP contribution >= 0.6 is 11.8 Å². The second kappa shape index (κ2) is 5.75. The summed E-state index contributed by atoms with van der Waals surface area (Å²) >= 11 is 1.34. The van der Waals surface area contributed by atoms with Gasteiger partial charge in [-0.2, -0.15) is 0 Å². The highest BCUT2D eigenvalue weighted by Crippen LogP contribution is 2.22. The number of carbonyl (C=O) groups excluding carboxylic acids is 1. The maximum absolute atomic E-state index is 10.7. The van der Waals surface area contributed by atoms with Crippen LogP contribution in [0.25, 0.3) is 6.08 Å². The van der Waals surface area contributed by atoms with Crippen molar-refractivity contribution >= 4 is 23.0 Å². The fourth-order valence-electron chi connectivity index (χ4n) is 1.81. The van der Waals surface area contributed by atoms with E-state index in [9.17, 15) is 4.79 Å². The molecule has 1 nitrogen and oxygen atoms in total. The summed E-state index contributed by atoms with van der Waals surface area (Å²) < 4.78 is 0. The zero-order valence-corrected chi connectivity index (χ0v) is 10.6. The topological polar surface area (TPSA) is 17.1 Å². The Hall–Kier alpha value is -1.46. The predicted octanol–water partition coefficient (Wildman–Crippen LogP) is 3.28. The number of benzene rings is 1. The van der Waals surface area contributed by atoms with Crippen molar-refractivity contribution in [2.45, 2.75) is 19.8 Å². The van der Waals surface area contributed by atoms with E-state index in [1.54, 1.807) is 6.92 Å². The van der Waals surface area contributed by atoms with Gasteiger partial charge in [0.1, 0.15) is 0 Å². The molecule has 0 heterocycles. The van der Waals surface area contributed by atoms with E-state index in [1.807, 2.05) is 6.07 Å².